The molecule has 3 aliphatic rings. The predicted molar refractivity (Wildman–Crippen MR) is 154 cm³/mol. The molecule has 0 spiro atoms. The average Bonchev–Trinajstić information content (AvgIpc) is 3.55. The molecule has 1 unspecified atom stereocenters. The number of hydrogen-bond donors (Lipinski definition) is 1. The Hall–Kier alpha value is -1.95. The molecular formula is C28H36F7IN4O4. The number of carbonyl (C=O) groups excluding carboxylic acids is 2. The maximum atomic E-state index is 15.7. The molecule has 0 aromatic carbocycles. The zero-order chi connectivity index (χ0) is 32.6. The van der Waals surface area contributed by atoms with E-state index in [0.717, 1.165) is 23.2 Å². The number of aromatic nitrogens is 1. The number of alkyl halides is 8. The van der Waals surface area contributed by atoms with Gasteiger partial charge in [0.25, 0.3) is 0 Å². The maximum Gasteiger partial charge on any atom is 0.471 e. The summed E-state index contributed by atoms with van der Waals surface area (Å²) in [5.41, 5.74) is -2.16. The normalized spacial score (nSPS) is 31.4. The van der Waals surface area contributed by atoms with Crippen LogP contribution in [0.1, 0.15) is 45.1 Å². The summed E-state index contributed by atoms with van der Waals surface area (Å²) in [6.07, 6.45) is -10.9. The smallest absolute Gasteiger partial charge is 0.379 e. The molecule has 1 N–H and O–H groups in total. The van der Waals surface area contributed by atoms with Crippen molar-refractivity contribution in [3.63, 3.8) is 0 Å². The molecule has 0 radical (unpaired) electrons. The van der Waals surface area contributed by atoms with Gasteiger partial charge in [-0.15, -0.1) is 0 Å². The SMILES string of the molecule is CO[C@@H]1COCC[C@@H]1N(C(=O)C(F)(F)F)[C@@H]1CC[C@@](C(=O)N[C@@H]2CN(c3cc(C(F)(F)F)ccn3)[C@H](CI)C2F)(C(C)C)C1. The second-order valence-corrected chi connectivity index (χ2v) is 12.8. The third-order valence-corrected chi connectivity index (χ3v) is 10.2. The summed E-state index contributed by atoms with van der Waals surface area (Å²) < 4.78 is 108. The lowest BCUT2D eigenvalue weighted by Gasteiger charge is -2.43. The van der Waals surface area contributed by atoms with Gasteiger partial charge in [0.05, 0.1) is 35.7 Å². The summed E-state index contributed by atoms with van der Waals surface area (Å²) >= 11 is 1.92. The van der Waals surface area contributed by atoms with Crippen LogP contribution in [0.2, 0.25) is 0 Å². The van der Waals surface area contributed by atoms with Crippen molar-refractivity contribution in [3.8, 4) is 0 Å². The number of methoxy groups -OCH3 is 1. The fraction of sp³-hybridized carbons (Fsp3) is 0.750. The molecule has 248 valence electrons. The molecular weight excluding hydrogens is 716 g/mol. The number of anilines is 1. The molecule has 1 saturated carbocycles. The van der Waals surface area contributed by atoms with Gasteiger partial charge in [-0.3, -0.25) is 9.59 Å². The van der Waals surface area contributed by atoms with Gasteiger partial charge in [0.15, 0.2) is 0 Å². The second kappa shape index (κ2) is 13.4. The molecule has 7 atom stereocenters. The van der Waals surface area contributed by atoms with Crippen molar-refractivity contribution in [1.82, 2.24) is 15.2 Å². The van der Waals surface area contributed by atoms with E-state index in [1.807, 2.05) is 22.6 Å². The predicted octanol–water partition coefficient (Wildman–Crippen LogP) is 4.94. The van der Waals surface area contributed by atoms with E-state index in [9.17, 15) is 35.9 Å². The van der Waals surface area contributed by atoms with Gasteiger partial charge in [0.1, 0.15) is 18.1 Å². The van der Waals surface area contributed by atoms with Gasteiger partial charge < -0.3 is 24.6 Å². The Kier molecular flexibility index (Phi) is 10.6. The van der Waals surface area contributed by atoms with Crippen molar-refractivity contribution < 1.29 is 49.8 Å². The van der Waals surface area contributed by atoms with E-state index in [-0.39, 0.29) is 61.6 Å². The summed E-state index contributed by atoms with van der Waals surface area (Å²) in [7, 11) is 1.33. The van der Waals surface area contributed by atoms with Crippen LogP contribution in [0.5, 0.6) is 0 Å². The topological polar surface area (TPSA) is 84.0 Å². The summed E-state index contributed by atoms with van der Waals surface area (Å²) in [6.45, 7) is 3.50. The number of carbonyl (C=O) groups is 2. The van der Waals surface area contributed by atoms with Crippen molar-refractivity contribution in [3.05, 3.63) is 23.9 Å². The number of nitrogens with one attached hydrogen (secondary N) is 1. The van der Waals surface area contributed by atoms with Crippen LogP contribution in [0, 0.1) is 11.3 Å². The fourth-order valence-corrected chi connectivity index (χ4v) is 7.73. The lowest BCUT2D eigenvalue weighted by molar-refractivity contribution is -0.197. The Morgan fingerprint density at radius 3 is 2.55 bits per heavy atom. The number of nitrogens with zero attached hydrogens (tertiary/aromatic N) is 3. The van der Waals surface area contributed by atoms with E-state index in [0.29, 0.717) is 0 Å². The third kappa shape index (κ3) is 6.90. The van der Waals surface area contributed by atoms with E-state index in [4.69, 9.17) is 9.47 Å². The molecule has 3 heterocycles. The summed E-state index contributed by atoms with van der Waals surface area (Å²) in [4.78, 5) is 32.9. The Balaban J connectivity index is 1.57. The highest BCUT2D eigenvalue weighted by Crippen LogP contribution is 2.48. The van der Waals surface area contributed by atoms with Gasteiger partial charge in [-0.1, -0.05) is 36.4 Å². The van der Waals surface area contributed by atoms with E-state index in [2.05, 4.69) is 10.3 Å². The maximum absolute atomic E-state index is 15.7. The standard InChI is InChI=1S/C28H36F7IN4O4/c1-15(2)26(7-4-17(11-26)40(25(42)28(33,34)35)19-6-9-44-14-21(19)43-3)24(41)38-18-13-39(20(12-36)23(18)29)22-10-16(5-8-37-22)27(30,31)32/h5,8,10,15,17-21,23H,4,6-7,9,11-14H2,1-3H3,(H,38,41)/t17-,18-,19+,20-,21-,23?,26+/m1/s1. The minimum Gasteiger partial charge on any atom is -0.379 e. The molecule has 1 aliphatic carbocycles. The van der Waals surface area contributed by atoms with Gasteiger partial charge in [-0.2, -0.15) is 26.3 Å². The summed E-state index contributed by atoms with van der Waals surface area (Å²) in [6, 6.07) is -2.17. The molecule has 2 amide bonds. The number of amides is 2. The molecule has 1 aromatic heterocycles. The monoisotopic (exact) mass is 752 g/mol. The van der Waals surface area contributed by atoms with Crippen LogP contribution in [0.3, 0.4) is 0 Å². The average molecular weight is 753 g/mol. The largest absolute Gasteiger partial charge is 0.471 e. The number of pyridine rings is 1. The van der Waals surface area contributed by atoms with Gasteiger partial charge in [-0.25, -0.2) is 9.37 Å². The summed E-state index contributed by atoms with van der Waals surface area (Å²) in [5, 5.41) is 2.74. The first-order valence-corrected chi connectivity index (χ1v) is 15.9. The summed E-state index contributed by atoms with van der Waals surface area (Å²) in [5.74, 6) is -3.04. The van der Waals surface area contributed by atoms with Crippen molar-refractivity contribution in [2.45, 2.75) is 88.3 Å². The van der Waals surface area contributed by atoms with Crippen LogP contribution in [-0.4, -0.2) is 95.6 Å². The first-order chi connectivity index (χ1) is 20.5. The van der Waals surface area contributed by atoms with Crippen LogP contribution in [-0.2, 0) is 25.2 Å². The van der Waals surface area contributed by atoms with E-state index >= 15 is 4.39 Å². The Bertz CT molecular complexity index is 1190. The van der Waals surface area contributed by atoms with Crippen LogP contribution in [0.25, 0.3) is 0 Å². The fourth-order valence-electron chi connectivity index (χ4n) is 6.77. The lowest BCUT2D eigenvalue weighted by atomic mass is 9.74. The molecule has 1 aromatic rings. The highest BCUT2D eigenvalue weighted by Gasteiger charge is 2.56. The van der Waals surface area contributed by atoms with Crippen LogP contribution < -0.4 is 10.2 Å². The highest BCUT2D eigenvalue weighted by molar-refractivity contribution is 14.1. The number of hydrogen-bond acceptors (Lipinski definition) is 6. The highest BCUT2D eigenvalue weighted by atomic mass is 127. The zero-order valence-corrected chi connectivity index (χ0v) is 26.6. The van der Waals surface area contributed by atoms with E-state index in [1.54, 1.807) is 13.8 Å². The second-order valence-electron chi connectivity index (χ2n) is 11.9. The van der Waals surface area contributed by atoms with E-state index < -0.39 is 71.6 Å². The van der Waals surface area contributed by atoms with Gasteiger partial charge in [-0.05, 0) is 43.7 Å². The van der Waals surface area contributed by atoms with Crippen LogP contribution >= 0.6 is 22.6 Å². The minimum absolute atomic E-state index is 0.0140. The molecule has 2 aliphatic heterocycles. The Morgan fingerprint density at radius 2 is 1.95 bits per heavy atom. The van der Waals surface area contributed by atoms with Gasteiger partial charge in [0.2, 0.25) is 5.91 Å². The molecule has 2 saturated heterocycles. The number of halogens is 8. The van der Waals surface area contributed by atoms with Gasteiger partial charge >= 0.3 is 18.3 Å². The molecule has 44 heavy (non-hydrogen) atoms. The Labute approximate surface area is 264 Å². The van der Waals surface area contributed by atoms with Crippen molar-refractivity contribution in [2.75, 3.05) is 36.2 Å². The Morgan fingerprint density at radius 1 is 1.25 bits per heavy atom. The minimum atomic E-state index is -5.15. The molecule has 0 bridgehead atoms. The first-order valence-electron chi connectivity index (χ1n) is 14.4. The molecule has 4 rings (SSSR count). The van der Waals surface area contributed by atoms with E-state index in [1.165, 1.54) is 12.0 Å². The first kappa shape index (κ1) is 34.9. The lowest BCUT2D eigenvalue weighted by Crippen LogP contribution is -2.59. The van der Waals surface area contributed by atoms with Crippen LogP contribution in [0.15, 0.2) is 18.3 Å². The number of rotatable bonds is 8. The zero-order valence-electron chi connectivity index (χ0n) is 24.4. The van der Waals surface area contributed by atoms with Crippen molar-refractivity contribution in [2.24, 2.45) is 11.3 Å². The quantitative estimate of drug-likeness (QED) is 0.231. The molecule has 8 nitrogen and oxygen atoms in total. The van der Waals surface area contributed by atoms with Crippen molar-refractivity contribution >= 4 is 40.2 Å². The number of ether oxygens (including phenoxy) is 2. The molecule has 16 heteroatoms. The van der Waals surface area contributed by atoms with Crippen LogP contribution in [0.4, 0.5) is 36.6 Å². The molecule has 3 fully saturated rings. The van der Waals surface area contributed by atoms with Crippen molar-refractivity contribution in [1.29, 1.82) is 0 Å². The third-order valence-electron chi connectivity index (χ3n) is 9.27. The van der Waals surface area contributed by atoms with Gasteiger partial charge in [0, 0.05) is 36.9 Å².